The summed E-state index contributed by atoms with van der Waals surface area (Å²) in [5.74, 6) is 1.11. The van der Waals surface area contributed by atoms with Gasteiger partial charge in [-0.3, -0.25) is 0 Å². The zero-order valence-electron chi connectivity index (χ0n) is 32.6. The Balaban J connectivity index is 1.45. The van der Waals surface area contributed by atoms with E-state index in [1.807, 2.05) is 0 Å². The van der Waals surface area contributed by atoms with Gasteiger partial charge in [0.25, 0.3) is 0 Å². The van der Waals surface area contributed by atoms with Crippen molar-refractivity contribution >= 4 is 21.5 Å². The van der Waals surface area contributed by atoms with Crippen LogP contribution >= 0.6 is 0 Å². The molecule has 5 aromatic carbocycles. The van der Waals surface area contributed by atoms with Gasteiger partial charge in [-0.2, -0.15) is 4.57 Å². The van der Waals surface area contributed by atoms with Gasteiger partial charge in [-0.1, -0.05) is 145 Å². The first-order valence-electron chi connectivity index (χ1n) is 20.4. The Kier molecular flexibility index (Phi) is 7.06. The highest BCUT2D eigenvalue weighted by Gasteiger charge is 2.60. The second-order valence-corrected chi connectivity index (χ2v) is 17.5. The topological polar surface area (TPSA) is 3.88 Å². The molecule has 264 valence electrons. The van der Waals surface area contributed by atoms with Gasteiger partial charge >= 0.3 is 0 Å². The Hall–Kier alpha value is -4.75. The molecule has 1 nitrogen and oxygen atoms in total. The molecule has 1 aromatic heterocycles. The molecule has 0 saturated heterocycles. The number of rotatable bonds is 6. The molecule has 0 saturated carbocycles. The maximum atomic E-state index is 2.77. The van der Waals surface area contributed by atoms with E-state index in [9.17, 15) is 0 Å². The molecule has 0 N–H and O–H groups in total. The molecule has 6 aromatic rings. The molecule has 0 fully saturated rings. The van der Waals surface area contributed by atoms with Crippen LogP contribution in [0.5, 0.6) is 0 Å². The summed E-state index contributed by atoms with van der Waals surface area (Å²) in [6.45, 7) is 16.7. The lowest BCUT2D eigenvalue weighted by molar-refractivity contribution is -0.725. The second kappa shape index (κ2) is 11.4. The molecule has 0 radical (unpaired) electrons. The Morgan fingerprint density at radius 2 is 1.30 bits per heavy atom. The van der Waals surface area contributed by atoms with Crippen LogP contribution < -0.4 is 4.57 Å². The average Bonchev–Trinajstić information content (AvgIpc) is 3.62. The van der Waals surface area contributed by atoms with E-state index in [2.05, 4.69) is 168 Å². The first-order valence-corrected chi connectivity index (χ1v) is 20.4. The number of aromatic nitrogens is 1. The molecule has 2 spiro atoms. The molecule has 1 atom stereocenters. The molecule has 10 rings (SSSR count). The van der Waals surface area contributed by atoms with Crippen LogP contribution in [0.25, 0.3) is 43.9 Å². The number of allylic oxidation sites excluding steroid dienone is 4. The maximum Gasteiger partial charge on any atom is 0.222 e. The van der Waals surface area contributed by atoms with E-state index >= 15 is 0 Å². The molecule has 3 aliphatic carbocycles. The van der Waals surface area contributed by atoms with Crippen molar-refractivity contribution in [1.82, 2.24) is 0 Å². The molecule has 1 unspecified atom stereocenters. The van der Waals surface area contributed by atoms with E-state index < -0.39 is 5.41 Å². The quantitative estimate of drug-likeness (QED) is 0.153. The van der Waals surface area contributed by atoms with Crippen LogP contribution in [0, 0.1) is 11.8 Å². The van der Waals surface area contributed by atoms with Crippen LogP contribution in [0.3, 0.4) is 0 Å². The summed E-state index contributed by atoms with van der Waals surface area (Å²) in [7, 11) is 0. The molecule has 1 aliphatic heterocycles. The van der Waals surface area contributed by atoms with Crippen LogP contribution in [0.2, 0.25) is 0 Å². The van der Waals surface area contributed by atoms with Gasteiger partial charge in [-0.05, 0) is 116 Å². The predicted molar refractivity (Wildman–Crippen MR) is 223 cm³/mol. The van der Waals surface area contributed by atoms with Gasteiger partial charge in [0.05, 0.1) is 16.4 Å². The molecule has 0 bridgehead atoms. The van der Waals surface area contributed by atoms with Gasteiger partial charge in [0.1, 0.15) is 0 Å². The van der Waals surface area contributed by atoms with Gasteiger partial charge in [-0.15, -0.1) is 0 Å². The molecular formula is C52H52N+. The first kappa shape index (κ1) is 32.9. The van der Waals surface area contributed by atoms with Crippen LogP contribution in [-0.4, -0.2) is 0 Å². The van der Waals surface area contributed by atoms with Gasteiger partial charge in [-0.25, -0.2) is 0 Å². The van der Waals surface area contributed by atoms with Crippen molar-refractivity contribution in [2.45, 2.75) is 96.9 Å². The van der Waals surface area contributed by atoms with Crippen molar-refractivity contribution in [3.05, 3.63) is 160 Å². The Bertz CT molecular complexity index is 2530. The van der Waals surface area contributed by atoms with Crippen LogP contribution in [-0.2, 0) is 16.4 Å². The highest BCUT2D eigenvalue weighted by molar-refractivity contribution is 6.09. The number of fused-ring (bicyclic) bond motifs is 11. The van der Waals surface area contributed by atoms with Crippen molar-refractivity contribution in [2.75, 3.05) is 0 Å². The van der Waals surface area contributed by atoms with E-state index in [1.165, 1.54) is 95.7 Å². The van der Waals surface area contributed by atoms with E-state index in [0.29, 0.717) is 11.8 Å². The lowest BCUT2D eigenvalue weighted by Gasteiger charge is -2.39. The number of benzene rings is 5. The predicted octanol–water partition coefficient (Wildman–Crippen LogP) is 13.1. The third-order valence-corrected chi connectivity index (χ3v) is 14.0. The molecule has 0 amide bonds. The summed E-state index contributed by atoms with van der Waals surface area (Å²) in [5.41, 5.74) is 16.7. The summed E-state index contributed by atoms with van der Waals surface area (Å²) < 4.78 is 2.77. The standard InChI is InChI=1S/C52H52N/c1-8-32(9-2)36-26-37(33(10-3)11-4)31-51(30-36)48-39-19-13-12-18-34(39)28-44-47(48)49-46-35(24-25-53(49)51)27-38(50(5,6)7)29-45(46)52(44)42-22-16-14-20-40(42)41-21-15-17-23-43(41)52/h12-30,32-33H,8-11,31H2,1-7H3/q+1. The zero-order valence-corrected chi connectivity index (χ0v) is 32.6. The van der Waals surface area contributed by atoms with Gasteiger partial charge in [0.15, 0.2) is 6.20 Å². The van der Waals surface area contributed by atoms with Gasteiger partial charge in [0, 0.05) is 18.1 Å². The fraction of sp³-hybridized carbons (Fsp3) is 0.327. The van der Waals surface area contributed by atoms with Crippen molar-refractivity contribution < 1.29 is 4.57 Å². The maximum absolute atomic E-state index is 2.77. The number of nitrogens with zero attached hydrogens (tertiary/aromatic N) is 1. The molecule has 1 heteroatoms. The fourth-order valence-electron chi connectivity index (χ4n) is 11.5. The number of pyridine rings is 1. The highest BCUT2D eigenvalue weighted by Crippen LogP contribution is 2.65. The SMILES string of the molecule is CCC(CC)C1=CC2(CC(C(CC)CC)=C1)c1c3c(cc4ccccc14)C1(c4ccccc4-c4ccccc41)c1cc(C(C)(C)C)cc4cc[n+]2c-3c14. The summed E-state index contributed by atoms with van der Waals surface area (Å²) in [5, 5.41) is 5.54. The van der Waals surface area contributed by atoms with Crippen molar-refractivity contribution in [3.8, 4) is 22.4 Å². The lowest BCUT2D eigenvalue weighted by Crippen LogP contribution is -2.55. The van der Waals surface area contributed by atoms with Crippen LogP contribution in [0.15, 0.2) is 127 Å². The minimum atomic E-state index is -0.441. The van der Waals surface area contributed by atoms with Crippen molar-refractivity contribution in [1.29, 1.82) is 0 Å². The third-order valence-electron chi connectivity index (χ3n) is 14.0. The lowest BCUT2D eigenvalue weighted by atomic mass is 9.60. The van der Waals surface area contributed by atoms with Crippen LogP contribution in [0.4, 0.5) is 0 Å². The molecule has 2 heterocycles. The minimum absolute atomic E-state index is 0.00291. The summed E-state index contributed by atoms with van der Waals surface area (Å²) in [6.07, 6.45) is 13.6. The van der Waals surface area contributed by atoms with E-state index in [1.54, 1.807) is 5.57 Å². The highest BCUT2D eigenvalue weighted by atomic mass is 15.1. The zero-order chi connectivity index (χ0) is 36.4. The second-order valence-electron chi connectivity index (χ2n) is 17.5. The van der Waals surface area contributed by atoms with E-state index in [4.69, 9.17) is 0 Å². The summed E-state index contributed by atoms with van der Waals surface area (Å²) in [6, 6.07) is 38.2. The minimum Gasteiger partial charge on any atom is -0.184 e. The average molecular weight is 691 g/mol. The molecule has 4 aliphatic rings. The fourth-order valence-corrected chi connectivity index (χ4v) is 11.5. The Labute approximate surface area is 316 Å². The third kappa shape index (κ3) is 4.12. The molecule has 53 heavy (non-hydrogen) atoms. The summed E-state index contributed by atoms with van der Waals surface area (Å²) in [4.78, 5) is 0. The van der Waals surface area contributed by atoms with Crippen LogP contribution in [0.1, 0.15) is 114 Å². The Morgan fingerprint density at radius 1 is 0.660 bits per heavy atom. The smallest absolute Gasteiger partial charge is 0.184 e. The van der Waals surface area contributed by atoms with Gasteiger partial charge in [0.2, 0.25) is 11.2 Å². The van der Waals surface area contributed by atoms with E-state index in [0.717, 1.165) is 19.3 Å². The summed E-state index contributed by atoms with van der Waals surface area (Å²) >= 11 is 0. The largest absolute Gasteiger partial charge is 0.222 e. The monoisotopic (exact) mass is 690 g/mol. The van der Waals surface area contributed by atoms with E-state index in [-0.39, 0.29) is 11.0 Å². The van der Waals surface area contributed by atoms with Crippen molar-refractivity contribution in [3.63, 3.8) is 0 Å². The molecular weight excluding hydrogens is 639 g/mol. The van der Waals surface area contributed by atoms with Gasteiger partial charge < -0.3 is 0 Å². The van der Waals surface area contributed by atoms with Crippen molar-refractivity contribution in [2.24, 2.45) is 11.8 Å². The number of hydrogen-bond donors (Lipinski definition) is 0. The Morgan fingerprint density at radius 3 is 1.96 bits per heavy atom. The number of hydrogen-bond acceptors (Lipinski definition) is 0. The normalized spacial score (nSPS) is 18.7. The first-order chi connectivity index (χ1) is 25.7.